The molecule has 0 aromatic carbocycles. The van der Waals surface area contributed by atoms with Crippen molar-refractivity contribution < 1.29 is 4.79 Å². The highest BCUT2D eigenvalue weighted by molar-refractivity contribution is 5.92. The average Bonchev–Trinajstić information content (AvgIpc) is 3.55. The predicted octanol–water partition coefficient (Wildman–Crippen LogP) is 2.05. The van der Waals surface area contributed by atoms with E-state index >= 15 is 0 Å². The third kappa shape index (κ3) is 2.81. The van der Waals surface area contributed by atoms with E-state index in [2.05, 4.69) is 20.2 Å². The number of carbonyl (C=O) groups is 1. The van der Waals surface area contributed by atoms with Gasteiger partial charge in [0.2, 0.25) is 0 Å². The number of likely N-dealkylation sites (tertiary alicyclic amines) is 1. The number of H-pyrrole nitrogens is 1. The summed E-state index contributed by atoms with van der Waals surface area (Å²) in [5.74, 6) is 3.93. The third-order valence-corrected chi connectivity index (χ3v) is 5.72. The molecular weight excluding hydrogens is 316 g/mol. The number of aromatic amines is 1. The molecule has 25 heavy (non-hydrogen) atoms. The zero-order chi connectivity index (χ0) is 17.0. The highest BCUT2D eigenvalue weighted by Gasteiger charge is 2.46. The maximum Gasteiger partial charge on any atom is 0.272 e. The molecule has 3 heterocycles. The Morgan fingerprint density at radius 1 is 1.20 bits per heavy atom. The fourth-order valence-electron chi connectivity index (χ4n) is 4.00. The standard InChI is InChI=1S/C18H22N6O/c1-10-6-15(20-9-19-10)18(25)24-7-13(11-2-3-11)14(8-24)17-21-16(22-23-17)12-4-5-12/h6,9,11-14H,2-5,7-8H2,1H3,(H,21,22,23)/t13-,14+/m1/s1. The first-order valence-electron chi connectivity index (χ1n) is 9.19. The van der Waals surface area contributed by atoms with E-state index in [-0.39, 0.29) is 11.8 Å². The van der Waals surface area contributed by atoms with Crippen molar-refractivity contribution in [2.45, 2.75) is 44.4 Å². The van der Waals surface area contributed by atoms with Gasteiger partial charge in [0.05, 0.1) is 0 Å². The lowest BCUT2D eigenvalue weighted by Gasteiger charge is -2.15. The van der Waals surface area contributed by atoms with E-state index in [9.17, 15) is 4.79 Å². The lowest BCUT2D eigenvalue weighted by Crippen LogP contribution is -2.30. The topological polar surface area (TPSA) is 87.7 Å². The van der Waals surface area contributed by atoms with Crippen LogP contribution in [0.3, 0.4) is 0 Å². The molecule has 0 radical (unpaired) electrons. The van der Waals surface area contributed by atoms with Gasteiger partial charge in [0.15, 0.2) is 5.82 Å². The molecule has 2 aromatic heterocycles. The number of nitrogens with zero attached hydrogens (tertiary/aromatic N) is 5. The van der Waals surface area contributed by atoms with Crippen molar-refractivity contribution in [1.29, 1.82) is 0 Å². The van der Waals surface area contributed by atoms with Crippen LogP contribution in [0.4, 0.5) is 0 Å². The van der Waals surface area contributed by atoms with Gasteiger partial charge in [-0.25, -0.2) is 15.0 Å². The fourth-order valence-corrected chi connectivity index (χ4v) is 4.00. The average molecular weight is 338 g/mol. The number of carbonyl (C=O) groups excluding carboxylic acids is 1. The van der Waals surface area contributed by atoms with Gasteiger partial charge in [-0.2, -0.15) is 5.10 Å². The van der Waals surface area contributed by atoms with E-state index in [0.717, 1.165) is 23.9 Å². The van der Waals surface area contributed by atoms with Gasteiger partial charge < -0.3 is 4.90 Å². The van der Waals surface area contributed by atoms with E-state index in [4.69, 9.17) is 4.98 Å². The van der Waals surface area contributed by atoms with E-state index in [1.54, 1.807) is 6.07 Å². The molecule has 1 amide bonds. The Kier molecular flexibility index (Phi) is 3.36. The lowest BCUT2D eigenvalue weighted by molar-refractivity contribution is 0.0778. The van der Waals surface area contributed by atoms with Crippen LogP contribution < -0.4 is 0 Å². The van der Waals surface area contributed by atoms with Crippen LogP contribution in [0.25, 0.3) is 0 Å². The van der Waals surface area contributed by atoms with Crippen LogP contribution >= 0.6 is 0 Å². The third-order valence-electron chi connectivity index (χ3n) is 5.72. The smallest absolute Gasteiger partial charge is 0.272 e. The van der Waals surface area contributed by atoms with Crippen molar-refractivity contribution in [2.75, 3.05) is 13.1 Å². The van der Waals surface area contributed by atoms with Gasteiger partial charge >= 0.3 is 0 Å². The number of hydrogen-bond acceptors (Lipinski definition) is 5. The van der Waals surface area contributed by atoms with Crippen LogP contribution in [-0.2, 0) is 0 Å². The minimum absolute atomic E-state index is 0.000539. The summed E-state index contributed by atoms with van der Waals surface area (Å²) in [6.45, 7) is 3.37. The largest absolute Gasteiger partial charge is 0.336 e. The van der Waals surface area contributed by atoms with Gasteiger partial charge in [-0.1, -0.05) is 0 Å². The molecule has 5 rings (SSSR count). The summed E-state index contributed by atoms with van der Waals surface area (Å²) < 4.78 is 0. The Morgan fingerprint density at radius 2 is 2.04 bits per heavy atom. The van der Waals surface area contributed by atoms with E-state index < -0.39 is 0 Å². The molecule has 0 bridgehead atoms. The molecule has 2 saturated carbocycles. The van der Waals surface area contributed by atoms with Crippen molar-refractivity contribution in [2.24, 2.45) is 11.8 Å². The van der Waals surface area contributed by atoms with E-state index in [0.29, 0.717) is 30.0 Å². The first-order chi connectivity index (χ1) is 12.2. The van der Waals surface area contributed by atoms with Crippen molar-refractivity contribution in [3.63, 3.8) is 0 Å². The number of hydrogen-bond donors (Lipinski definition) is 1. The number of amides is 1. The summed E-state index contributed by atoms with van der Waals surface area (Å²) >= 11 is 0. The van der Waals surface area contributed by atoms with Gasteiger partial charge in [-0.3, -0.25) is 9.89 Å². The molecule has 2 aliphatic carbocycles. The maximum absolute atomic E-state index is 12.9. The summed E-state index contributed by atoms with van der Waals surface area (Å²) in [7, 11) is 0. The van der Waals surface area contributed by atoms with Gasteiger partial charge in [0, 0.05) is 30.6 Å². The normalized spacial score (nSPS) is 26.2. The molecule has 0 unspecified atom stereocenters. The summed E-state index contributed by atoms with van der Waals surface area (Å²) in [6, 6.07) is 1.77. The molecule has 1 aliphatic heterocycles. The van der Waals surface area contributed by atoms with E-state index in [1.807, 2.05) is 11.8 Å². The molecule has 130 valence electrons. The second-order valence-corrected chi connectivity index (χ2v) is 7.72. The predicted molar refractivity (Wildman–Crippen MR) is 90.0 cm³/mol. The van der Waals surface area contributed by atoms with Gasteiger partial charge in [0.1, 0.15) is 17.8 Å². The van der Waals surface area contributed by atoms with Crippen LogP contribution in [0.2, 0.25) is 0 Å². The molecule has 7 heteroatoms. The van der Waals surface area contributed by atoms with Crippen molar-refractivity contribution in [3.05, 3.63) is 35.4 Å². The molecular formula is C18H22N6O. The maximum atomic E-state index is 12.9. The van der Waals surface area contributed by atoms with Crippen LogP contribution in [0.1, 0.15) is 65.4 Å². The van der Waals surface area contributed by atoms with Crippen LogP contribution in [-0.4, -0.2) is 49.0 Å². The number of aromatic nitrogens is 5. The Balaban J connectivity index is 1.39. The minimum atomic E-state index is 0.000539. The zero-order valence-corrected chi connectivity index (χ0v) is 14.4. The van der Waals surface area contributed by atoms with Gasteiger partial charge in [-0.05, 0) is 50.5 Å². The van der Waals surface area contributed by atoms with Crippen molar-refractivity contribution in [3.8, 4) is 0 Å². The molecule has 0 spiro atoms. The molecule has 2 aromatic rings. The highest BCUT2D eigenvalue weighted by atomic mass is 16.2. The molecule has 1 N–H and O–H groups in total. The summed E-state index contributed by atoms with van der Waals surface area (Å²) in [5.41, 5.74) is 1.30. The van der Waals surface area contributed by atoms with Gasteiger partial charge in [-0.15, -0.1) is 0 Å². The summed E-state index contributed by atoms with van der Waals surface area (Å²) in [6.07, 6.45) is 6.39. The summed E-state index contributed by atoms with van der Waals surface area (Å²) in [4.78, 5) is 27.8. The Bertz CT molecular complexity index is 809. The Morgan fingerprint density at radius 3 is 2.76 bits per heavy atom. The molecule has 3 fully saturated rings. The molecule has 2 atom stereocenters. The van der Waals surface area contributed by atoms with E-state index in [1.165, 1.54) is 32.0 Å². The molecule has 1 saturated heterocycles. The Labute approximate surface area is 146 Å². The monoisotopic (exact) mass is 338 g/mol. The Hall–Kier alpha value is -2.31. The number of aryl methyl sites for hydroxylation is 1. The van der Waals surface area contributed by atoms with Crippen molar-refractivity contribution >= 4 is 5.91 Å². The second kappa shape index (κ2) is 5.61. The van der Waals surface area contributed by atoms with Crippen molar-refractivity contribution in [1.82, 2.24) is 30.0 Å². The molecule has 7 nitrogen and oxygen atoms in total. The fraction of sp³-hybridized carbons (Fsp3) is 0.611. The van der Waals surface area contributed by atoms with Crippen LogP contribution in [0, 0.1) is 18.8 Å². The van der Waals surface area contributed by atoms with Crippen LogP contribution in [0.15, 0.2) is 12.4 Å². The summed E-state index contributed by atoms with van der Waals surface area (Å²) in [5, 5.41) is 7.58. The number of nitrogens with one attached hydrogen (secondary N) is 1. The van der Waals surface area contributed by atoms with Gasteiger partial charge in [0.25, 0.3) is 5.91 Å². The molecule has 3 aliphatic rings. The lowest BCUT2D eigenvalue weighted by atomic mass is 9.91. The minimum Gasteiger partial charge on any atom is -0.336 e. The zero-order valence-electron chi connectivity index (χ0n) is 14.4. The quantitative estimate of drug-likeness (QED) is 0.922. The van der Waals surface area contributed by atoms with Crippen LogP contribution in [0.5, 0.6) is 0 Å². The number of rotatable bonds is 4. The SMILES string of the molecule is Cc1cc(C(=O)N2C[C@H](c3nc(C4CC4)n[nH]3)[C@@H](C3CC3)C2)ncn1. The second-order valence-electron chi connectivity index (χ2n) is 7.72. The first-order valence-corrected chi connectivity index (χ1v) is 9.19. The highest BCUT2D eigenvalue weighted by Crippen LogP contribution is 2.47. The first kappa shape index (κ1) is 15.0.